The number of anilines is 2. The largest absolute Gasteiger partial charge is 0.472 e. The molecule has 130 valence electrons. The molecule has 2 unspecified atom stereocenters. The zero-order valence-corrected chi connectivity index (χ0v) is 13.3. The molecule has 5 atom stereocenters. The van der Waals surface area contributed by atoms with Gasteiger partial charge in [-0.1, -0.05) is 0 Å². The molecular formula is C11H15N6O6P. The van der Waals surface area contributed by atoms with E-state index in [1.165, 1.54) is 10.9 Å². The number of ether oxygens (including phenoxy) is 1. The molecule has 2 aliphatic rings. The topological polar surface area (TPSA) is 167 Å². The van der Waals surface area contributed by atoms with Gasteiger partial charge in [0.15, 0.2) is 23.2 Å². The smallest absolute Gasteiger partial charge is 0.386 e. The molecule has 12 nitrogen and oxygen atoms in total. The molecule has 0 spiro atoms. The van der Waals surface area contributed by atoms with Crippen LogP contribution < -0.4 is 11.1 Å². The Bertz CT molecular complexity index is 844. The number of phosphoric ester groups is 1. The number of aromatic nitrogens is 4. The quantitative estimate of drug-likeness (QED) is 0.497. The van der Waals surface area contributed by atoms with Crippen molar-refractivity contribution < 1.29 is 28.3 Å². The van der Waals surface area contributed by atoms with Crippen LogP contribution in [0.2, 0.25) is 0 Å². The molecular weight excluding hydrogens is 343 g/mol. The van der Waals surface area contributed by atoms with Crippen molar-refractivity contribution in [3.05, 3.63) is 6.33 Å². The van der Waals surface area contributed by atoms with Gasteiger partial charge in [-0.15, -0.1) is 0 Å². The number of imidazole rings is 1. The lowest BCUT2D eigenvalue weighted by Gasteiger charge is -2.27. The summed E-state index contributed by atoms with van der Waals surface area (Å²) in [5.41, 5.74) is 6.50. The number of phosphoric acid groups is 1. The van der Waals surface area contributed by atoms with Gasteiger partial charge in [0, 0.05) is 7.05 Å². The summed E-state index contributed by atoms with van der Waals surface area (Å²) >= 11 is 0. The number of fused-ring (bicyclic) bond motifs is 2. The second kappa shape index (κ2) is 5.34. The zero-order chi connectivity index (χ0) is 17.1. The van der Waals surface area contributed by atoms with Crippen LogP contribution in [0.25, 0.3) is 11.2 Å². The van der Waals surface area contributed by atoms with E-state index in [0.29, 0.717) is 17.1 Å². The van der Waals surface area contributed by atoms with Gasteiger partial charge in [0.1, 0.15) is 24.6 Å². The van der Waals surface area contributed by atoms with Crippen LogP contribution in [-0.2, 0) is 18.3 Å². The van der Waals surface area contributed by atoms with Gasteiger partial charge < -0.3 is 25.8 Å². The number of nitrogens with two attached hydrogens (primary N) is 1. The highest BCUT2D eigenvalue weighted by molar-refractivity contribution is 7.47. The first kappa shape index (κ1) is 15.7. The fourth-order valence-electron chi connectivity index (χ4n) is 2.89. The molecule has 0 aliphatic carbocycles. The second-order valence-corrected chi connectivity index (χ2v) is 6.78. The van der Waals surface area contributed by atoms with Gasteiger partial charge in [-0.3, -0.25) is 13.6 Å². The Morgan fingerprint density at radius 1 is 1.50 bits per heavy atom. The fourth-order valence-corrected chi connectivity index (χ4v) is 3.86. The van der Waals surface area contributed by atoms with Gasteiger partial charge >= 0.3 is 7.82 Å². The number of hydrogen-bond donors (Lipinski definition) is 4. The summed E-state index contributed by atoms with van der Waals surface area (Å²) in [7, 11) is -2.56. The third-order valence-corrected chi connectivity index (χ3v) is 4.93. The van der Waals surface area contributed by atoms with Crippen molar-refractivity contribution in [2.45, 2.75) is 24.5 Å². The van der Waals surface area contributed by atoms with Crippen molar-refractivity contribution in [1.82, 2.24) is 19.5 Å². The molecule has 24 heavy (non-hydrogen) atoms. The van der Waals surface area contributed by atoms with Crippen molar-refractivity contribution in [3.8, 4) is 0 Å². The van der Waals surface area contributed by atoms with E-state index >= 15 is 0 Å². The molecule has 2 saturated heterocycles. The van der Waals surface area contributed by atoms with Crippen LogP contribution in [0.3, 0.4) is 0 Å². The summed E-state index contributed by atoms with van der Waals surface area (Å²) in [6, 6.07) is 0. The molecule has 4 heterocycles. The Morgan fingerprint density at radius 2 is 2.29 bits per heavy atom. The van der Waals surface area contributed by atoms with E-state index < -0.39 is 32.4 Å². The number of rotatable bonds is 2. The lowest BCUT2D eigenvalue weighted by molar-refractivity contribution is -0.0659. The van der Waals surface area contributed by atoms with E-state index in [1.54, 1.807) is 7.05 Å². The minimum Gasteiger partial charge on any atom is -0.386 e. The van der Waals surface area contributed by atoms with Crippen LogP contribution in [0.4, 0.5) is 11.8 Å². The Labute approximate surface area is 135 Å². The highest BCUT2D eigenvalue weighted by Crippen LogP contribution is 2.52. The number of aliphatic hydroxyl groups is 1. The average molecular weight is 358 g/mol. The van der Waals surface area contributed by atoms with E-state index in [1.807, 2.05) is 0 Å². The van der Waals surface area contributed by atoms with Crippen LogP contribution in [-0.4, -0.2) is 61.5 Å². The Hall–Kier alpha value is -1.82. The summed E-state index contributed by atoms with van der Waals surface area (Å²) in [4.78, 5) is 21.7. The SMILES string of the molecule is CNc1nc2c(N)ncnc2n1[C@@H]1O[C@@H]2COP(=O)(O)OC2[C@@H]1O. The molecule has 2 aromatic rings. The molecule has 0 amide bonds. The van der Waals surface area contributed by atoms with Crippen LogP contribution in [0.1, 0.15) is 6.23 Å². The van der Waals surface area contributed by atoms with Crippen molar-refractivity contribution in [2.75, 3.05) is 24.7 Å². The number of nitrogen functional groups attached to an aromatic ring is 1. The van der Waals surface area contributed by atoms with Crippen LogP contribution in [0.15, 0.2) is 6.33 Å². The third kappa shape index (κ3) is 2.27. The van der Waals surface area contributed by atoms with Gasteiger partial charge in [-0.2, -0.15) is 0 Å². The summed E-state index contributed by atoms with van der Waals surface area (Å²) in [5.74, 6) is 0.521. The molecule has 0 aromatic carbocycles. The summed E-state index contributed by atoms with van der Waals surface area (Å²) in [6.45, 7) is -0.176. The highest BCUT2D eigenvalue weighted by atomic mass is 31.2. The molecule has 0 bridgehead atoms. The minimum atomic E-state index is -4.20. The predicted molar refractivity (Wildman–Crippen MR) is 79.8 cm³/mol. The first-order chi connectivity index (χ1) is 11.4. The number of hydrogen-bond acceptors (Lipinski definition) is 10. The minimum absolute atomic E-state index is 0.176. The lowest BCUT2D eigenvalue weighted by atomic mass is 10.1. The molecule has 13 heteroatoms. The van der Waals surface area contributed by atoms with Gasteiger partial charge in [0.05, 0.1) is 6.61 Å². The maximum Gasteiger partial charge on any atom is 0.472 e. The van der Waals surface area contributed by atoms with Crippen LogP contribution >= 0.6 is 7.82 Å². The second-order valence-electron chi connectivity index (χ2n) is 5.38. The molecule has 2 aromatic heterocycles. The Kier molecular flexibility index (Phi) is 3.49. The van der Waals surface area contributed by atoms with E-state index in [-0.39, 0.29) is 12.4 Å². The Balaban J connectivity index is 1.78. The molecule has 2 fully saturated rings. The molecule has 4 rings (SSSR count). The van der Waals surface area contributed by atoms with E-state index in [2.05, 4.69) is 20.3 Å². The molecule has 0 saturated carbocycles. The average Bonchev–Trinajstić information content (AvgIpc) is 3.06. The summed E-state index contributed by atoms with van der Waals surface area (Å²) in [5, 5.41) is 13.4. The Morgan fingerprint density at radius 3 is 3.04 bits per heavy atom. The monoisotopic (exact) mass is 358 g/mol. The van der Waals surface area contributed by atoms with Crippen molar-refractivity contribution in [2.24, 2.45) is 0 Å². The number of nitrogens with one attached hydrogen (secondary N) is 1. The van der Waals surface area contributed by atoms with Gasteiger partial charge in [-0.25, -0.2) is 19.5 Å². The first-order valence-corrected chi connectivity index (χ1v) is 8.56. The zero-order valence-electron chi connectivity index (χ0n) is 12.4. The highest BCUT2D eigenvalue weighted by Gasteiger charge is 2.53. The van der Waals surface area contributed by atoms with Crippen molar-refractivity contribution in [1.29, 1.82) is 0 Å². The predicted octanol–water partition coefficient (Wildman–Crippen LogP) is -0.776. The van der Waals surface area contributed by atoms with Gasteiger partial charge in [0.2, 0.25) is 5.95 Å². The maximum atomic E-state index is 11.6. The summed E-state index contributed by atoms with van der Waals surface area (Å²) in [6.07, 6.45) is -2.64. The standard InChI is InChI=1S/C11H15N6O6P/c1-13-11-16-5-8(12)14-3-15-9(5)17(11)10-6(18)7-4(22-10)2-21-24(19,20)23-7/h3-4,6-7,10,18H,2H2,1H3,(H,13,16)(H,19,20)(H2,12,14,15)/t4-,6+,7?,10-/m1/s1. The molecule has 0 radical (unpaired) electrons. The first-order valence-electron chi connectivity index (χ1n) is 7.06. The van der Waals surface area contributed by atoms with Crippen molar-refractivity contribution >= 4 is 30.8 Å². The van der Waals surface area contributed by atoms with E-state index in [4.69, 9.17) is 19.5 Å². The van der Waals surface area contributed by atoms with E-state index in [9.17, 15) is 14.6 Å². The van der Waals surface area contributed by atoms with Crippen LogP contribution in [0.5, 0.6) is 0 Å². The summed E-state index contributed by atoms with van der Waals surface area (Å²) < 4.78 is 28.5. The lowest BCUT2D eigenvalue weighted by Crippen LogP contribution is -2.39. The van der Waals surface area contributed by atoms with Crippen molar-refractivity contribution in [3.63, 3.8) is 0 Å². The van der Waals surface area contributed by atoms with E-state index in [0.717, 1.165) is 0 Å². The maximum absolute atomic E-state index is 11.6. The molecule has 2 aliphatic heterocycles. The third-order valence-electron chi connectivity index (χ3n) is 3.95. The molecule has 5 N–H and O–H groups in total. The normalized spacial score (nSPS) is 36.0. The number of aliphatic hydroxyl groups excluding tert-OH is 1. The number of nitrogens with zero attached hydrogens (tertiary/aromatic N) is 4. The van der Waals surface area contributed by atoms with Gasteiger partial charge in [0.25, 0.3) is 0 Å². The fraction of sp³-hybridized carbons (Fsp3) is 0.545. The van der Waals surface area contributed by atoms with Gasteiger partial charge in [-0.05, 0) is 0 Å². The van der Waals surface area contributed by atoms with Crippen LogP contribution in [0, 0.1) is 0 Å².